The molecule has 1 saturated carbocycles. The molecule has 4 unspecified atom stereocenters. The van der Waals surface area contributed by atoms with Gasteiger partial charge in [-0.05, 0) is 36.1 Å². The van der Waals surface area contributed by atoms with E-state index in [1.54, 1.807) is 0 Å². The average Bonchev–Trinajstić information content (AvgIpc) is 3.02. The van der Waals surface area contributed by atoms with E-state index in [0.29, 0.717) is 0 Å². The van der Waals surface area contributed by atoms with Gasteiger partial charge in [0.05, 0.1) is 17.5 Å². The molecule has 4 aliphatic rings. The summed E-state index contributed by atoms with van der Waals surface area (Å²) >= 11 is 0. The van der Waals surface area contributed by atoms with E-state index >= 15 is 0 Å². The molecule has 1 saturated heterocycles. The van der Waals surface area contributed by atoms with Crippen molar-refractivity contribution in [2.24, 2.45) is 23.7 Å². The van der Waals surface area contributed by atoms with E-state index in [1.165, 1.54) is 4.90 Å². The molecular weight excluding hydrogens is 366 g/mol. The number of urea groups is 1. The van der Waals surface area contributed by atoms with E-state index < -0.39 is 0 Å². The summed E-state index contributed by atoms with van der Waals surface area (Å²) in [5.41, 5.74) is 0.725. The van der Waals surface area contributed by atoms with Crippen LogP contribution in [0.2, 0.25) is 0 Å². The lowest BCUT2D eigenvalue weighted by Gasteiger charge is -2.38. The Hall–Kier alpha value is -3.15. The molecule has 4 atom stereocenters. The van der Waals surface area contributed by atoms with Gasteiger partial charge in [0.15, 0.2) is 0 Å². The molecule has 4 amide bonds. The minimum atomic E-state index is -0.348. The maximum atomic E-state index is 12.8. The van der Waals surface area contributed by atoms with Gasteiger partial charge in [0.1, 0.15) is 0 Å². The number of hydrogen-bond acceptors (Lipinski definition) is 3. The summed E-state index contributed by atoms with van der Waals surface area (Å²) in [5, 5.41) is 7.64. The summed E-state index contributed by atoms with van der Waals surface area (Å²) in [6.45, 7) is 0.448. The Labute approximate surface area is 168 Å². The lowest BCUT2D eigenvalue weighted by atomic mass is 9.63. The normalized spacial score (nSPS) is 27.4. The Morgan fingerprint density at radius 2 is 1.59 bits per heavy atom. The number of anilines is 1. The van der Waals surface area contributed by atoms with Crippen molar-refractivity contribution in [2.75, 3.05) is 18.4 Å². The van der Waals surface area contributed by atoms with Crippen molar-refractivity contribution in [3.8, 4) is 0 Å². The van der Waals surface area contributed by atoms with Crippen molar-refractivity contribution < 1.29 is 14.4 Å². The molecular formula is C23H23N3O3. The first-order chi connectivity index (χ1) is 14.1. The number of hydrogen-bond donors (Lipinski definition) is 2. The highest BCUT2D eigenvalue weighted by Crippen LogP contribution is 2.49. The van der Waals surface area contributed by atoms with Crippen LogP contribution in [0.5, 0.6) is 0 Å². The van der Waals surface area contributed by atoms with E-state index in [-0.39, 0.29) is 54.6 Å². The van der Waals surface area contributed by atoms with Crippen LogP contribution in [-0.2, 0) is 9.59 Å². The van der Waals surface area contributed by atoms with Gasteiger partial charge in [-0.1, -0.05) is 48.6 Å². The highest BCUT2D eigenvalue weighted by atomic mass is 16.2. The van der Waals surface area contributed by atoms with E-state index in [1.807, 2.05) is 42.5 Å². The smallest absolute Gasteiger partial charge is 0.319 e. The van der Waals surface area contributed by atoms with E-state index in [9.17, 15) is 14.4 Å². The van der Waals surface area contributed by atoms with E-state index in [2.05, 4.69) is 22.8 Å². The first-order valence-electron chi connectivity index (χ1n) is 10.2. The molecule has 2 aromatic carbocycles. The summed E-state index contributed by atoms with van der Waals surface area (Å²) in [6, 6.07) is 13.2. The van der Waals surface area contributed by atoms with Gasteiger partial charge in [0.25, 0.3) is 0 Å². The average molecular weight is 389 g/mol. The van der Waals surface area contributed by atoms with Crippen molar-refractivity contribution in [3.05, 3.63) is 54.6 Å². The summed E-state index contributed by atoms with van der Waals surface area (Å²) in [4.78, 5) is 39.3. The number of imide groups is 1. The van der Waals surface area contributed by atoms with Gasteiger partial charge < -0.3 is 10.6 Å². The zero-order valence-corrected chi connectivity index (χ0v) is 16.0. The maximum absolute atomic E-state index is 12.8. The van der Waals surface area contributed by atoms with Crippen LogP contribution in [0.4, 0.5) is 10.5 Å². The minimum Gasteiger partial charge on any atom is -0.336 e. The summed E-state index contributed by atoms with van der Waals surface area (Å²) in [7, 11) is 0. The van der Waals surface area contributed by atoms with Gasteiger partial charge in [-0.25, -0.2) is 4.79 Å². The second kappa shape index (κ2) is 7.03. The van der Waals surface area contributed by atoms with Crippen molar-refractivity contribution in [1.82, 2.24) is 10.2 Å². The Bertz CT molecular complexity index is 994. The van der Waals surface area contributed by atoms with Crippen LogP contribution in [0, 0.1) is 23.7 Å². The fourth-order valence-corrected chi connectivity index (χ4v) is 5.14. The quantitative estimate of drug-likeness (QED) is 0.623. The van der Waals surface area contributed by atoms with Crippen molar-refractivity contribution in [3.63, 3.8) is 0 Å². The van der Waals surface area contributed by atoms with Crippen molar-refractivity contribution in [1.29, 1.82) is 0 Å². The monoisotopic (exact) mass is 389 g/mol. The topological polar surface area (TPSA) is 78.5 Å². The first-order valence-corrected chi connectivity index (χ1v) is 10.2. The third-order valence-electron chi connectivity index (χ3n) is 6.51. The number of allylic oxidation sites excluding steroid dienone is 2. The molecule has 1 heterocycles. The zero-order valence-electron chi connectivity index (χ0n) is 16.0. The third kappa shape index (κ3) is 2.99. The van der Waals surface area contributed by atoms with Gasteiger partial charge in [-0.3, -0.25) is 14.5 Å². The third-order valence-corrected chi connectivity index (χ3v) is 6.51. The number of carbonyl (C=O) groups excluding carboxylic acids is 3. The summed E-state index contributed by atoms with van der Waals surface area (Å²) in [5.74, 6) is -0.166. The molecule has 148 valence electrons. The highest BCUT2D eigenvalue weighted by Gasteiger charge is 2.56. The molecule has 6 heteroatoms. The Kier molecular flexibility index (Phi) is 4.34. The Balaban J connectivity index is 1.20. The molecule has 1 aliphatic heterocycles. The second-order valence-corrected chi connectivity index (χ2v) is 8.08. The maximum Gasteiger partial charge on any atom is 0.319 e. The molecule has 29 heavy (non-hydrogen) atoms. The molecule has 6 nitrogen and oxygen atoms in total. The largest absolute Gasteiger partial charge is 0.336 e. The van der Waals surface area contributed by atoms with Crippen LogP contribution in [0.3, 0.4) is 0 Å². The van der Waals surface area contributed by atoms with Crippen LogP contribution in [0.1, 0.15) is 12.8 Å². The molecule has 2 N–H and O–H groups in total. The molecule has 2 aromatic rings. The van der Waals surface area contributed by atoms with Gasteiger partial charge in [-0.2, -0.15) is 0 Å². The number of fused-ring (bicyclic) bond motifs is 2. The molecule has 0 spiro atoms. The molecule has 0 radical (unpaired) electrons. The first kappa shape index (κ1) is 17.9. The van der Waals surface area contributed by atoms with Crippen molar-refractivity contribution >= 4 is 34.3 Å². The molecule has 0 aromatic heterocycles. The summed E-state index contributed by atoms with van der Waals surface area (Å²) in [6.07, 6.45) is 6.20. The fourth-order valence-electron chi connectivity index (χ4n) is 5.14. The van der Waals surface area contributed by atoms with Gasteiger partial charge in [0, 0.05) is 18.5 Å². The van der Waals surface area contributed by atoms with Crippen LogP contribution in [-0.4, -0.2) is 35.8 Å². The van der Waals surface area contributed by atoms with Gasteiger partial charge in [0.2, 0.25) is 11.8 Å². The van der Waals surface area contributed by atoms with Crippen LogP contribution in [0.15, 0.2) is 54.6 Å². The number of nitrogens with one attached hydrogen (secondary N) is 2. The SMILES string of the molecule is O=C(NCCN1C(=O)C2C3C=CC(CC3)C2C1=O)Nc1cccc2ccccc12. The van der Waals surface area contributed by atoms with Gasteiger partial charge in [-0.15, -0.1) is 0 Å². The lowest BCUT2D eigenvalue weighted by Crippen LogP contribution is -2.40. The zero-order chi connectivity index (χ0) is 20.0. The fraction of sp³-hybridized carbons (Fsp3) is 0.348. The Morgan fingerprint density at radius 3 is 2.28 bits per heavy atom. The molecule has 2 fully saturated rings. The molecule has 6 rings (SSSR count). The van der Waals surface area contributed by atoms with Crippen molar-refractivity contribution in [2.45, 2.75) is 12.8 Å². The summed E-state index contributed by atoms with van der Waals surface area (Å²) < 4.78 is 0. The lowest BCUT2D eigenvalue weighted by molar-refractivity contribution is -0.140. The van der Waals surface area contributed by atoms with E-state index in [4.69, 9.17) is 0 Å². The van der Waals surface area contributed by atoms with E-state index in [0.717, 1.165) is 29.3 Å². The standard InChI is InChI=1S/C23H23N3O3/c27-21-19-15-8-9-16(11-10-15)20(19)22(28)26(21)13-12-24-23(29)25-18-7-3-5-14-4-1-2-6-17(14)18/h1-9,15-16,19-20H,10-13H2,(H2,24,25,29). The molecule has 2 bridgehead atoms. The predicted octanol–water partition coefficient (Wildman–Crippen LogP) is 3.16. The number of benzene rings is 2. The highest BCUT2D eigenvalue weighted by molar-refractivity contribution is 6.06. The van der Waals surface area contributed by atoms with Gasteiger partial charge >= 0.3 is 6.03 Å². The number of rotatable bonds is 4. The minimum absolute atomic E-state index is 0.0738. The predicted molar refractivity (Wildman–Crippen MR) is 110 cm³/mol. The number of nitrogens with zero attached hydrogens (tertiary/aromatic N) is 1. The second-order valence-electron chi connectivity index (χ2n) is 8.08. The van der Waals surface area contributed by atoms with Crippen LogP contribution >= 0.6 is 0 Å². The number of amides is 4. The van der Waals surface area contributed by atoms with Crippen LogP contribution in [0.25, 0.3) is 10.8 Å². The van der Waals surface area contributed by atoms with Crippen LogP contribution < -0.4 is 10.6 Å². The number of carbonyl (C=O) groups is 3. The number of likely N-dealkylation sites (tertiary alicyclic amines) is 1. The molecule has 3 aliphatic carbocycles. The Morgan fingerprint density at radius 1 is 0.931 bits per heavy atom.